The monoisotopic (exact) mass is 394 g/mol. The lowest BCUT2D eigenvalue weighted by Crippen LogP contribution is -2.05. The molecule has 0 saturated heterocycles. The van der Waals surface area contributed by atoms with Crippen molar-refractivity contribution in [2.45, 2.75) is 31.7 Å². The van der Waals surface area contributed by atoms with Gasteiger partial charge in [-0.3, -0.25) is 0 Å². The van der Waals surface area contributed by atoms with E-state index in [1.54, 1.807) is 34.9 Å². The summed E-state index contributed by atoms with van der Waals surface area (Å²) in [6, 6.07) is 8.74. The van der Waals surface area contributed by atoms with Crippen molar-refractivity contribution in [3.63, 3.8) is 0 Å². The maximum Gasteiger partial charge on any atom is 0.434 e. The second kappa shape index (κ2) is 6.84. The molecule has 9 heteroatoms. The van der Waals surface area contributed by atoms with Gasteiger partial charge in [-0.2, -0.15) is 18.2 Å². The highest BCUT2D eigenvalue weighted by Gasteiger charge is 2.37. The molecule has 27 heavy (non-hydrogen) atoms. The van der Waals surface area contributed by atoms with E-state index < -0.39 is 11.9 Å². The maximum absolute atomic E-state index is 13.0. The molecule has 1 fully saturated rings. The molecule has 2 aromatic heterocycles. The molecule has 1 saturated carbocycles. The van der Waals surface area contributed by atoms with Crippen molar-refractivity contribution in [1.82, 2.24) is 19.5 Å². The van der Waals surface area contributed by atoms with Crippen molar-refractivity contribution in [2.24, 2.45) is 0 Å². The normalized spacial score (nSPS) is 14.4. The van der Waals surface area contributed by atoms with E-state index in [-0.39, 0.29) is 17.9 Å². The van der Waals surface area contributed by atoms with Gasteiger partial charge < -0.3 is 9.30 Å². The first-order valence-electron chi connectivity index (χ1n) is 8.27. The average Bonchev–Trinajstić information content (AvgIpc) is 3.37. The minimum Gasteiger partial charge on any atom is -0.473 e. The molecular formula is C18H14ClF3N4O. The molecule has 5 nitrogen and oxygen atoms in total. The lowest BCUT2D eigenvalue weighted by molar-refractivity contribution is -0.140. The van der Waals surface area contributed by atoms with E-state index >= 15 is 0 Å². The zero-order valence-corrected chi connectivity index (χ0v) is 14.7. The fourth-order valence-corrected chi connectivity index (χ4v) is 2.82. The van der Waals surface area contributed by atoms with E-state index in [9.17, 15) is 13.2 Å². The summed E-state index contributed by atoms with van der Waals surface area (Å²) in [5.41, 5.74) is 0.609. The summed E-state index contributed by atoms with van der Waals surface area (Å²) in [7, 11) is 0. The topological polar surface area (TPSA) is 52.8 Å². The van der Waals surface area contributed by atoms with Crippen LogP contribution in [0.3, 0.4) is 0 Å². The third kappa shape index (κ3) is 4.05. The van der Waals surface area contributed by atoms with Crippen molar-refractivity contribution in [1.29, 1.82) is 0 Å². The Morgan fingerprint density at radius 1 is 1.11 bits per heavy atom. The van der Waals surface area contributed by atoms with E-state index in [2.05, 4.69) is 15.0 Å². The Morgan fingerprint density at radius 3 is 2.48 bits per heavy atom. The standard InChI is InChI=1S/C18H14ClF3N4O/c19-17-23-8-7-15(25-17)27-10-11-1-3-12(4-2-11)16-24-14(18(20,21)22)9-26(16)13-5-6-13/h1-4,7-9,13H,5-6,10H2. The number of ether oxygens (including phenoxy) is 1. The first-order chi connectivity index (χ1) is 12.9. The molecule has 1 aromatic carbocycles. The van der Waals surface area contributed by atoms with Gasteiger partial charge in [-0.15, -0.1) is 0 Å². The lowest BCUT2D eigenvalue weighted by Gasteiger charge is -2.08. The molecular weight excluding hydrogens is 381 g/mol. The minimum atomic E-state index is -4.46. The number of imidazole rings is 1. The van der Waals surface area contributed by atoms with Crippen LogP contribution in [0.1, 0.15) is 30.1 Å². The van der Waals surface area contributed by atoms with Gasteiger partial charge in [0.25, 0.3) is 0 Å². The molecule has 1 aliphatic carbocycles. The van der Waals surface area contributed by atoms with Gasteiger partial charge in [0.05, 0.1) is 0 Å². The summed E-state index contributed by atoms with van der Waals surface area (Å²) in [6.45, 7) is 0.249. The summed E-state index contributed by atoms with van der Waals surface area (Å²) in [5, 5.41) is 0.0928. The predicted octanol–water partition coefficient (Wildman–Crippen LogP) is 4.93. The third-order valence-electron chi connectivity index (χ3n) is 4.16. The number of hydrogen-bond acceptors (Lipinski definition) is 4. The van der Waals surface area contributed by atoms with Gasteiger partial charge in [0.15, 0.2) is 5.69 Å². The Morgan fingerprint density at radius 2 is 1.85 bits per heavy atom. The molecule has 1 aliphatic rings. The van der Waals surface area contributed by atoms with Crippen molar-refractivity contribution in [2.75, 3.05) is 0 Å². The molecule has 0 amide bonds. The van der Waals surface area contributed by atoms with Crippen LogP contribution in [0.5, 0.6) is 5.88 Å². The maximum atomic E-state index is 13.0. The molecule has 140 valence electrons. The summed E-state index contributed by atoms with van der Waals surface area (Å²) in [6.07, 6.45) is -0.129. The van der Waals surface area contributed by atoms with Gasteiger partial charge >= 0.3 is 6.18 Å². The molecule has 0 atom stereocenters. The van der Waals surface area contributed by atoms with Crippen molar-refractivity contribution >= 4 is 11.6 Å². The zero-order chi connectivity index (χ0) is 19.0. The SMILES string of the molecule is FC(F)(F)c1cn(C2CC2)c(-c2ccc(COc3ccnc(Cl)n3)cc2)n1. The van der Waals surface area contributed by atoms with E-state index in [0.29, 0.717) is 17.3 Å². The fourth-order valence-electron chi connectivity index (χ4n) is 2.68. The Bertz CT molecular complexity index is 952. The fraction of sp³-hybridized carbons (Fsp3) is 0.278. The van der Waals surface area contributed by atoms with E-state index in [4.69, 9.17) is 16.3 Å². The molecule has 2 heterocycles. The highest BCUT2D eigenvalue weighted by molar-refractivity contribution is 6.28. The third-order valence-corrected chi connectivity index (χ3v) is 4.34. The largest absolute Gasteiger partial charge is 0.473 e. The zero-order valence-electron chi connectivity index (χ0n) is 13.9. The van der Waals surface area contributed by atoms with Crippen molar-refractivity contribution < 1.29 is 17.9 Å². The van der Waals surface area contributed by atoms with Crippen LogP contribution in [0.25, 0.3) is 11.4 Å². The smallest absolute Gasteiger partial charge is 0.434 e. The Labute approximate surface area is 157 Å². The van der Waals surface area contributed by atoms with Crippen molar-refractivity contribution in [3.8, 4) is 17.3 Å². The van der Waals surface area contributed by atoms with Gasteiger partial charge in [0.2, 0.25) is 11.2 Å². The number of nitrogens with zero attached hydrogens (tertiary/aromatic N) is 4. The number of alkyl halides is 3. The van der Waals surface area contributed by atoms with Crippen LogP contribution in [-0.2, 0) is 12.8 Å². The summed E-state index contributed by atoms with van der Waals surface area (Å²) < 4.78 is 46.2. The second-order valence-corrected chi connectivity index (χ2v) is 6.57. The Hall–Kier alpha value is -2.61. The van der Waals surface area contributed by atoms with Gasteiger partial charge in [0.1, 0.15) is 12.4 Å². The number of benzene rings is 1. The number of aromatic nitrogens is 4. The minimum absolute atomic E-state index is 0.0918. The number of halogens is 4. The van der Waals surface area contributed by atoms with E-state index in [1.807, 2.05) is 0 Å². The molecule has 0 unspecified atom stereocenters. The number of rotatable bonds is 5. The molecule has 3 aromatic rings. The highest BCUT2D eigenvalue weighted by Crippen LogP contribution is 2.40. The molecule has 0 bridgehead atoms. The summed E-state index contributed by atoms with van der Waals surface area (Å²) in [5.74, 6) is 0.679. The van der Waals surface area contributed by atoms with Crippen LogP contribution >= 0.6 is 11.6 Å². The van der Waals surface area contributed by atoms with E-state index in [1.165, 1.54) is 6.20 Å². The van der Waals surface area contributed by atoms with Gasteiger partial charge in [-0.25, -0.2) is 9.97 Å². The summed E-state index contributed by atoms with van der Waals surface area (Å²) in [4.78, 5) is 11.5. The summed E-state index contributed by atoms with van der Waals surface area (Å²) >= 11 is 5.70. The molecule has 0 radical (unpaired) electrons. The van der Waals surface area contributed by atoms with Crippen LogP contribution in [-0.4, -0.2) is 19.5 Å². The van der Waals surface area contributed by atoms with Gasteiger partial charge in [0, 0.05) is 30.1 Å². The molecule has 0 N–H and O–H groups in total. The Kier molecular flexibility index (Phi) is 4.51. The van der Waals surface area contributed by atoms with Crippen LogP contribution in [0.15, 0.2) is 42.7 Å². The second-order valence-electron chi connectivity index (χ2n) is 6.24. The molecule has 0 spiro atoms. The van der Waals surface area contributed by atoms with Crippen LogP contribution in [0, 0.1) is 0 Å². The first-order valence-corrected chi connectivity index (χ1v) is 8.65. The van der Waals surface area contributed by atoms with Gasteiger partial charge in [-0.05, 0) is 30.0 Å². The lowest BCUT2D eigenvalue weighted by atomic mass is 10.1. The average molecular weight is 395 g/mol. The van der Waals surface area contributed by atoms with Crippen LogP contribution in [0.4, 0.5) is 13.2 Å². The predicted molar refractivity (Wildman–Crippen MR) is 92.3 cm³/mol. The van der Waals surface area contributed by atoms with Gasteiger partial charge in [-0.1, -0.05) is 24.3 Å². The molecule has 0 aliphatic heterocycles. The first kappa shape index (κ1) is 17.8. The van der Waals surface area contributed by atoms with Crippen LogP contribution < -0.4 is 4.74 Å². The van der Waals surface area contributed by atoms with Crippen LogP contribution in [0.2, 0.25) is 5.28 Å². The van der Waals surface area contributed by atoms with Crippen molar-refractivity contribution in [3.05, 3.63) is 59.3 Å². The molecule has 4 rings (SSSR count). The quantitative estimate of drug-likeness (QED) is 0.576. The number of hydrogen-bond donors (Lipinski definition) is 0. The Balaban J connectivity index is 1.53. The highest BCUT2D eigenvalue weighted by atomic mass is 35.5. The van der Waals surface area contributed by atoms with E-state index in [0.717, 1.165) is 24.6 Å².